The molecule has 0 radical (unpaired) electrons. The van der Waals surface area contributed by atoms with Crippen LogP contribution in [-0.4, -0.2) is 23.5 Å². The van der Waals surface area contributed by atoms with E-state index in [1.165, 1.54) is 0 Å². The first-order valence-electron chi connectivity index (χ1n) is 4.71. The van der Waals surface area contributed by atoms with Crippen LogP contribution in [0.1, 0.15) is 16.8 Å². The predicted octanol–water partition coefficient (Wildman–Crippen LogP) is 3.55. The largest absolute Gasteiger partial charge is 0.282 e. The second kappa shape index (κ2) is 5.94. The fourth-order valence-corrected chi connectivity index (χ4v) is 1.91. The molecule has 0 atom stereocenters. The normalized spacial score (nSPS) is 11.4. The van der Waals surface area contributed by atoms with Crippen molar-refractivity contribution in [3.05, 3.63) is 35.9 Å². The Kier molecular flexibility index (Phi) is 4.86. The van der Waals surface area contributed by atoms with Crippen molar-refractivity contribution in [3.63, 3.8) is 0 Å². The molecular weight excluding hydrogens is 237 g/mol. The Labute approximate surface area is 96.0 Å². The third kappa shape index (κ3) is 4.26. The van der Waals surface area contributed by atoms with Gasteiger partial charge in [0.15, 0.2) is 6.67 Å². The van der Waals surface area contributed by atoms with Gasteiger partial charge in [-0.25, -0.2) is 13.2 Å². The van der Waals surface area contributed by atoms with Gasteiger partial charge in [0.2, 0.25) is 5.12 Å². The monoisotopic (exact) mass is 248 g/mol. The SMILES string of the molecule is O=C(SCCC(F)(F)CF)c1ccccc1. The van der Waals surface area contributed by atoms with Crippen molar-refractivity contribution in [1.82, 2.24) is 0 Å². The van der Waals surface area contributed by atoms with E-state index in [0.29, 0.717) is 5.56 Å². The molecule has 0 unspecified atom stereocenters. The molecule has 0 saturated heterocycles. The maximum absolute atomic E-state index is 12.5. The van der Waals surface area contributed by atoms with Gasteiger partial charge in [0, 0.05) is 17.7 Å². The molecule has 0 spiro atoms. The van der Waals surface area contributed by atoms with Crippen molar-refractivity contribution < 1.29 is 18.0 Å². The Balaban J connectivity index is 2.37. The van der Waals surface area contributed by atoms with Gasteiger partial charge < -0.3 is 0 Å². The molecule has 0 amide bonds. The Hall–Kier alpha value is -0.970. The summed E-state index contributed by atoms with van der Waals surface area (Å²) in [5.74, 6) is -3.39. The molecule has 0 aliphatic carbocycles. The molecule has 16 heavy (non-hydrogen) atoms. The molecule has 0 N–H and O–H groups in total. The van der Waals surface area contributed by atoms with Crippen LogP contribution in [0.25, 0.3) is 0 Å². The van der Waals surface area contributed by atoms with Gasteiger partial charge in [-0.1, -0.05) is 42.1 Å². The van der Waals surface area contributed by atoms with Crippen molar-refractivity contribution >= 4 is 16.9 Å². The summed E-state index contributed by atoms with van der Waals surface area (Å²) >= 11 is 0.786. The summed E-state index contributed by atoms with van der Waals surface area (Å²) in [6.07, 6.45) is -0.618. The van der Waals surface area contributed by atoms with Crippen molar-refractivity contribution in [2.75, 3.05) is 12.4 Å². The highest BCUT2D eigenvalue weighted by Gasteiger charge is 2.28. The molecule has 0 aromatic heterocycles. The standard InChI is InChI=1S/C11H11F3OS/c12-8-11(13,14)6-7-16-10(15)9-4-2-1-3-5-9/h1-5H,6-8H2. The van der Waals surface area contributed by atoms with Crippen LogP contribution in [0.4, 0.5) is 13.2 Å². The van der Waals surface area contributed by atoms with Gasteiger partial charge >= 0.3 is 0 Å². The number of carbonyl (C=O) groups excluding carboxylic acids is 1. The molecule has 1 aromatic rings. The maximum Gasteiger partial charge on any atom is 0.276 e. The lowest BCUT2D eigenvalue weighted by molar-refractivity contribution is -0.0244. The second-order valence-corrected chi connectivity index (χ2v) is 4.31. The quantitative estimate of drug-likeness (QED) is 0.792. The first-order chi connectivity index (χ1) is 7.55. The molecule has 0 heterocycles. The molecule has 0 aliphatic rings. The number of hydrogen-bond acceptors (Lipinski definition) is 2. The molecule has 1 nitrogen and oxygen atoms in total. The van der Waals surface area contributed by atoms with Crippen LogP contribution in [0.3, 0.4) is 0 Å². The van der Waals surface area contributed by atoms with E-state index in [4.69, 9.17) is 0 Å². The Bertz CT molecular complexity index is 340. The van der Waals surface area contributed by atoms with Gasteiger partial charge in [-0.15, -0.1) is 0 Å². The van der Waals surface area contributed by atoms with Gasteiger partial charge in [0.05, 0.1) is 0 Å². The average molecular weight is 248 g/mol. The lowest BCUT2D eigenvalue weighted by Crippen LogP contribution is -2.19. The van der Waals surface area contributed by atoms with Crippen LogP contribution in [0.5, 0.6) is 0 Å². The summed E-state index contributed by atoms with van der Waals surface area (Å²) in [4.78, 5) is 11.4. The number of hydrogen-bond donors (Lipinski definition) is 0. The molecule has 1 aromatic carbocycles. The highest BCUT2D eigenvalue weighted by atomic mass is 32.2. The van der Waals surface area contributed by atoms with E-state index in [2.05, 4.69) is 0 Å². The summed E-state index contributed by atoms with van der Waals surface area (Å²) in [5, 5.41) is -0.268. The van der Waals surface area contributed by atoms with Crippen LogP contribution >= 0.6 is 11.8 Å². The van der Waals surface area contributed by atoms with Crippen molar-refractivity contribution in [2.45, 2.75) is 12.3 Å². The topological polar surface area (TPSA) is 17.1 Å². The van der Waals surface area contributed by atoms with Gasteiger partial charge in [0.1, 0.15) is 0 Å². The number of benzene rings is 1. The van der Waals surface area contributed by atoms with Gasteiger partial charge in [0.25, 0.3) is 5.92 Å². The van der Waals surface area contributed by atoms with E-state index < -0.39 is 19.0 Å². The minimum atomic E-state index is -3.32. The third-order valence-electron chi connectivity index (χ3n) is 1.91. The molecule has 1 rings (SSSR count). The van der Waals surface area contributed by atoms with Crippen molar-refractivity contribution in [2.24, 2.45) is 0 Å². The van der Waals surface area contributed by atoms with E-state index >= 15 is 0 Å². The Morgan fingerprint density at radius 2 is 1.88 bits per heavy atom. The van der Waals surface area contributed by atoms with Gasteiger partial charge in [-0.3, -0.25) is 4.79 Å². The number of alkyl halides is 3. The van der Waals surface area contributed by atoms with Crippen LogP contribution in [0, 0.1) is 0 Å². The highest BCUT2D eigenvalue weighted by Crippen LogP contribution is 2.23. The number of carbonyl (C=O) groups is 1. The minimum Gasteiger partial charge on any atom is -0.282 e. The first-order valence-corrected chi connectivity index (χ1v) is 5.70. The van der Waals surface area contributed by atoms with Crippen molar-refractivity contribution in [3.8, 4) is 0 Å². The summed E-state index contributed by atoms with van der Waals surface area (Å²) in [6.45, 7) is -1.67. The number of rotatable bonds is 5. The Morgan fingerprint density at radius 1 is 1.25 bits per heavy atom. The predicted molar refractivity (Wildman–Crippen MR) is 58.8 cm³/mol. The van der Waals surface area contributed by atoms with E-state index in [0.717, 1.165) is 11.8 Å². The molecule has 0 bridgehead atoms. The van der Waals surface area contributed by atoms with Crippen LogP contribution in [0.2, 0.25) is 0 Å². The molecule has 0 saturated carbocycles. The lowest BCUT2D eigenvalue weighted by Gasteiger charge is -2.10. The Morgan fingerprint density at radius 3 is 2.44 bits per heavy atom. The molecule has 5 heteroatoms. The molecule has 88 valence electrons. The molecule has 0 fully saturated rings. The van der Waals surface area contributed by atoms with E-state index in [-0.39, 0.29) is 10.9 Å². The van der Waals surface area contributed by atoms with Crippen LogP contribution < -0.4 is 0 Å². The van der Waals surface area contributed by atoms with E-state index in [9.17, 15) is 18.0 Å². The maximum atomic E-state index is 12.5. The summed E-state index contributed by atoms with van der Waals surface area (Å²) < 4.78 is 36.8. The number of thioether (sulfide) groups is 1. The van der Waals surface area contributed by atoms with Gasteiger partial charge in [-0.2, -0.15) is 0 Å². The molecule has 0 aliphatic heterocycles. The van der Waals surface area contributed by atoms with Gasteiger partial charge in [-0.05, 0) is 0 Å². The zero-order chi connectivity index (χ0) is 12.0. The highest BCUT2D eigenvalue weighted by molar-refractivity contribution is 8.14. The molecular formula is C11H11F3OS. The van der Waals surface area contributed by atoms with Crippen LogP contribution in [-0.2, 0) is 0 Å². The minimum absolute atomic E-state index is 0.0787. The van der Waals surface area contributed by atoms with Crippen LogP contribution in [0.15, 0.2) is 30.3 Å². The fourth-order valence-electron chi connectivity index (χ4n) is 1.02. The average Bonchev–Trinajstić information content (AvgIpc) is 2.30. The second-order valence-electron chi connectivity index (χ2n) is 3.24. The summed E-state index contributed by atoms with van der Waals surface area (Å²) in [7, 11) is 0. The lowest BCUT2D eigenvalue weighted by atomic mass is 10.2. The third-order valence-corrected chi connectivity index (χ3v) is 2.81. The summed E-state index contributed by atoms with van der Waals surface area (Å²) in [5.41, 5.74) is 0.469. The smallest absolute Gasteiger partial charge is 0.276 e. The summed E-state index contributed by atoms with van der Waals surface area (Å²) in [6, 6.07) is 8.39. The zero-order valence-electron chi connectivity index (χ0n) is 8.46. The van der Waals surface area contributed by atoms with Crippen molar-refractivity contribution in [1.29, 1.82) is 0 Å². The van der Waals surface area contributed by atoms with E-state index in [1.54, 1.807) is 30.3 Å². The van der Waals surface area contributed by atoms with E-state index in [1.807, 2.05) is 0 Å². The zero-order valence-corrected chi connectivity index (χ0v) is 9.27. The number of halogens is 3. The fraction of sp³-hybridized carbons (Fsp3) is 0.364. The first kappa shape index (κ1) is 13.1.